The first-order valence-corrected chi connectivity index (χ1v) is 6.94. The number of benzene rings is 1. The minimum absolute atomic E-state index is 0.312. The van der Waals surface area contributed by atoms with E-state index < -0.39 is 11.4 Å². The maximum absolute atomic E-state index is 11.8. The molecule has 1 aromatic rings. The first kappa shape index (κ1) is 13.7. The van der Waals surface area contributed by atoms with Crippen LogP contribution in [0.3, 0.4) is 0 Å². The zero-order valence-corrected chi connectivity index (χ0v) is 12.4. The molecule has 0 radical (unpaired) electrons. The van der Waals surface area contributed by atoms with E-state index in [1.165, 1.54) is 0 Å². The Bertz CT molecular complexity index is 398. The lowest BCUT2D eigenvalue weighted by atomic mass is 10.1. The zero-order chi connectivity index (χ0) is 12.3. The van der Waals surface area contributed by atoms with E-state index in [-0.39, 0.29) is 4.75 Å². The average molecular weight is 302 g/mol. The van der Waals surface area contributed by atoms with Crippen molar-refractivity contribution in [1.29, 1.82) is 0 Å². The third kappa shape index (κ3) is 3.92. The fourth-order valence-corrected chi connectivity index (χ4v) is 2.05. The number of rotatable bonds is 2. The van der Waals surface area contributed by atoms with E-state index >= 15 is 0 Å². The summed E-state index contributed by atoms with van der Waals surface area (Å²) in [5.41, 5.74) is 1.79. The van der Waals surface area contributed by atoms with Crippen LogP contribution in [-0.4, -0.2) is 15.0 Å². The van der Waals surface area contributed by atoms with Gasteiger partial charge in [-0.2, -0.15) is 0 Å². The Balaban J connectivity index is 2.94. The van der Waals surface area contributed by atoms with Gasteiger partial charge in [0.1, 0.15) is 16.1 Å². The summed E-state index contributed by atoms with van der Waals surface area (Å²) >= 11 is 2.20. The molecule has 1 aromatic carbocycles. The molecule has 16 heavy (non-hydrogen) atoms. The Labute approximate surface area is 109 Å². The van der Waals surface area contributed by atoms with Crippen molar-refractivity contribution in [1.82, 2.24) is 0 Å². The molecule has 0 amide bonds. The van der Waals surface area contributed by atoms with E-state index in [1.807, 2.05) is 52.0 Å². The second-order valence-corrected chi connectivity index (χ2v) is 7.37. The van der Waals surface area contributed by atoms with Gasteiger partial charge in [-0.3, -0.25) is 0 Å². The molecular weight excluding hydrogens is 286 g/mol. The molecule has 0 unspecified atom stereocenters. The summed E-state index contributed by atoms with van der Waals surface area (Å²) < 4.78 is 16.8. The van der Waals surface area contributed by atoms with Crippen molar-refractivity contribution in [3.63, 3.8) is 0 Å². The van der Waals surface area contributed by atoms with E-state index in [2.05, 4.69) is 20.3 Å². The van der Waals surface area contributed by atoms with Crippen LogP contribution >= 0.6 is 15.9 Å². The third-order valence-electron chi connectivity index (χ3n) is 1.99. The summed E-state index contributed by atoms with van der Waals surface area (Å²) in [6.07, 6.45) is 0. The fourth-order valence-electron chi connectivity index (χ4n) is 1.03. The lowest BCUT2D eigenvalue weighted by Gasteiger charge is -2.18. The summed E-state index contributed by atoms with van der Waals surface area (Å²) in [6, 6.07) is 7.83. The van der Waals surface area contributed by atoms with Gasteiger partial charge >= 0.3 is 0 Å². The second kappa shape index (κ2) is 5.34. The van der Waals surface area contributed by atoms with Crippen molar-refractivity contribution in [2.75, 3.05) is 0 Å². The molecular formula is C12H16BrNOS. The van der Waals surface area contributed by atoms with Crippen LogP contribution in [0.4, 0.5) is 0 Å². The first-order valence-electron chi connectivity index (χ1n) is 5.04. The highest BCUT2D eigenvalue weighted by Gasteiger charge is 2.26. The predicted molar refractivity (Wildman–Crippen MR) is 74.2 cm³/mol. The molecule has 1 atom stereocenters. The van der Waals surface area contributed by atoms with Crippen LogP contribution in [0.2, 0.25) is 0 Å². The SMILES string of the molecule is C/C(=N\[S@+]([O-])C(C)(C)C)c1cccc(Br)c1. The van der Waals surface area contributed by atoms with Gasteiger partial charge < -0.3 is 4.55 Å². The number of hydrogen-bond acceptors (Lipinski definition) is 2. The standard InChI is InChI=1S/C12H16BrNOS/c1-9(14-16(15)12(2,3)4)10-6-5-7-11(13)8-10/h5-8H,1-4H3/b14-9+/t16-/m1/s1. The van der Waals surface area contributed by atoms with Crippen molar-refractivity contribution in [2.24, 2.45) is 4.40 Å². The predicted octanol–water partition coefficient (Wildman–Crippen LogP) is 3.72. The van der Waals surface area contributed by atoms with Gasteiger partial charge in [-0.1, -0.05) is 32.5 Å². The van der Waals surface area contributed by atoms with E-state index in [1.54, 1.807) is 0 Å². The summed E-state index contributed by atoms with van der Waals surface area (Å²) in [5, 5.41) is 0. The van der Waals surface area contributed by atoms with Gasteiger partial charge in [0.25, 0.3) is 0 Å². The third-order valence-corrected chi connectivity index (χ3v) is 3.97. The van der Waals surface area contributed by atoms with Gasteiger partial charge in [-0.05, 0) is 39.8 Å². The van der Waals surface area contributed by atoms with Crippen molar-refractivity contribution in [3.05, 3.63) is 34.3 Å². The first-order chi connectivity index (χ1) is 7.30. The summed E-state index contributed by atoms with van der Waals surface area (Å²) in [6.45, 7) is 7.63. The van der Waals surface area contributed by atoms with Crippen LogP contribution in [0, 0.1) is 0 Å². The zero-order valence-electron chi connectivity index (χ0n) is 9.95. The topological polar surface area (TPSA) is 35.4 Å². The smallest absolute Gasteiger partial charge is 0.144 e. The van der Waals surface area contributed by atoms with E-state index in [4.69, 9.17) is 0 Å². The Morgan fingerprint density at radius 3 is 2.50 bits per heavy atom. The Hall–Kier alpha value is -0.320. The van der Waals surface area contributed by atoms with Crippen molar-refractivity contribution in [2.45, 2.75) is 32.4 Å². The van der Waals surface area contributed by atoms with Crippen LogP contribution in [0.15, 0.2) is 33.1 Å². The molecule has 4 heteroatoms. The molecule has 0 aliphatic carbocycles. The maximum atomic E-state index is 11.8. The van der Waals surface area contributed by atoms with Gasteiger partial charge in [0.05, 0.1) is 5.71 Å². The highest BCUT2D eigenvalue weighted by Crippen LogP contribution is 2.19. The summed E-state index contributed by atoms with van der Waals surface area (Å²) in [7, 11) is 0. The molecule has 0 saturated carbocycles. The molecule has 0 aliphatic heterocycles. The Kier molecular flexibility index (Phi) is 4.59. The van der Waals surface area contributed by atoms with Crippen LogP contribution in [0.25, 0.3) is 0 Å². The number of halogens is 1. The highest BCUT2D eigenvalue weighted by atomic mass is 79.9. The average Bonchev–Trinajstić information content (AvgIpc) is 2.16. The molecule has 2 nitrogen and oxygen atoms in total. The molecule has 0 heterocycles. The minimum atomic E-state index is -1.20. The van der Waals surface area contributed by atoms with E-state index in [0.29, 0.717) is 0 Å². The molecule has 0 N–H and O–H groups in total. The Morgan fingerprint density at radius 1 is 1.38 bits per heavy atom. The molecule has 0 fully saturated rings. The van der Waals surface area contributed by atoms with Gasteiger partial charge in [0.2, 0.25) is 0 Å². The van der Waals surface area contributed by atoms with Crippen molar-refractivity contribution >= 4 is 33.0 Å². The van der Waals surface area contributed by atoms with Gasteiger partial charge in [-0.15, -0.1) is 0 Å². The van der Waals surface area contributed by atoms with Crippen LogP contribution < -0.4 is 0 Å². The quantitative estimate of drug-likeness (QED) is 0.606. The van der Waals surface area contributed by atoms with Crippen LogP contribution in [0.1, 0.15) is 33.3 Å². The second-order valence-electron chi connectivity index (χ2n) is 4.55. The molecule has 0 spiro atoms. The summed E-state index contributed by atoms with van der Waals surface area (Å²) in [5.74, 6) is 0. The minimum Gasteiger partial charge on any atom is -0.591 e. The van der Waals surface area contributed by atoms with Crippen molar-refractivity contribution in [3.8, 4) is 0 Å². The molecule has 1 rings (SSSR count). The monoisotopic (exact) mass is 301 g/mol. The van der Waals surface area contributed by atoms with Crippen LogP contribution in [0.5, 0.6) is 0 Å². The molecule has 0 aromatic heterocycles. The Morgan fingerprint density at radius 2 is 2.00 bits per heavy atom. The fraction of sp³-hybridized carbons (Fsp3) is 0.417. The van der Waals surface area contributed by atoms with Crippen molar-refractivity contribution < 1.29 is 4.55 Å². The number of nitrogens with zero attached hydrogens (tertiary/aromatic N) is 1. The van der Waals surface area contributed by atoms with E-state index in [0.717, 1.165) is 15.7 Å². The largest absolute Gasteiger partial charge is 0.591 e. The normalized spacial score (nSPS) is 15.0. The molecule has 88 valence electrons. The molecule has 0 bridgehead atoms. The maximum Gasteiger partial charge on any atom is 0.144 e. The highest BCUT2D eigenvalue weighted by molar-refractivity contribution is 9.10. The van der Waals surface area contributed by atoms with E-state index in [9.17, 15) is 4.55 Å². The molecule has 0 saturated heterocycles. The lowest BCUT2D eigenvalue weighted by molar-refractivity contribution is 0.561. The van der Waals surface area contributed by atoms with Gasteiger partial charge in [-0.25, -0.2) is 0 Å². The summed E-state index contributed by atoms with van der Waals surface area (Å²) in [4.78, 5) is 0. The van der Waals surface area contributed by atoms with Gasteiger partial charge in [0.15, 0.2) is 0 Å². The lowest BCUT2D eigenvalue weighted by Crippen LogP contribution is -2.26. The number of hydrogen-bond donors (Lipinski definition) is 0. The van der Waals surface area contributed by atoms with Crippen LogP contribution in [-0.2, 0) is 11.4 Å². The molecule has 0 aliphatic rings. The van der Waals surface area contributed by atoms with Gasteiger partial charge in [0, 0.05) is 10.0 Å².